The van der Waals surface area contributed by atoms with Gasteiger partial charge in [-0.2, -0.15) is 0 Å². The lowest BCUT2D eigenvalue weighted by atomic mass is 10.1. The molecule has 0 aromatic heterocycles. The highest BCUT2D eigenvalue weighted by atomic mass is 16.5. The second kappa shape index (κ2) is 7.08. The molecule has 2 rings (SSSR count). The highest BCUT2D eigenvalue weighted by Gasteiger charge is 2.20. The van der Waals surface area contributed by atoms with Crippen molar-refractivity contribution in [3.63, 3.8) is 0 Å². The van der Waals surface area contributed by atoms with Crippen molar-refractivity contribution in [2.24, 2.45) is 0 Å². The first-order valence-corrected chi connectivity index (χ1v) is 7.00. The molecule has 1 heterocycles. The average molecular weight is 291 g/mol. The number of carbonyl (C=O) groups is 2. The molecule has 1 fully saturated rings. The van der Waals surface area contributed by atoms with Gasteiger partial charge in [0.25, 0.3) is 0 Å². The number of rotatable bonds is 4. The smallest absolute Gasteiger partial charge is 0.242 e. The van der Waals surface area contributed by atoms with Gasteiger partial charge in [0, 0.05) is 25.8 Å². The number of ether oxygens (including phenoxy) is 1. The molecule has 0 radical (unpaired) electrons. The van der Waals surface area contributed by atoms with E-state index in [9.17, 15) is 9.59 Å². The van der Waals surface area contributed by atoms with Crippen molar-refractivity contribution < 1.29 is 14.3 Å². The Morgan fingerprint density at radius 3 is 2.48 bits per heavy atom. The van der Waals surface area contributed by atoms with Crippen LogP contribution in [0.5, 0.6) is 0 Å². The fraction of sp³-hybridized carbons (Fsp3) is 0.467. The summed E-state index contributed by atoms with van der Waals surface area (Å²) in [7, 11) is 1.65. The van der Waals surface area contributed by atoms with E-state index < -0.39 is 0 Å². The highest BCUT2D eigenvalue weighted by Crippen LogP contribution is 2.07. The molecular weight excluding hydrogens is 270 g/mol. The normalized spacial score (nSPS) is 14.8. The zero-order valence-corrected chi connectivity index (χ0v) is 12.2. The van der Waals surface area contributed by atoms with Gasteiger partial charge in [-0.3, -0.25) is 9.59 Å². The second-order valence-electron chi connectivity index (χ2n) is 5.16. The summed E-state index contributed by atoms with van der Waals surface area (Å²) in [6.45, 7) is 2.43. The van der Waals surface area contributed by atoms with Gasteiger partial charge in [-0.15, -0.1) is 0 Å². The number of hydrogen-bond acceptors (Lipinski definition) is 4. The Bertz CT molecular complexity index is 495. The molecule has 1 saturated heterocycles. The van der Waals surface area contributed by atoms with Gasteiger partial charge in [-0.05, 0) is 17.7 Å². The fourth-order valence-corrected chi connectivity index (χ4v) is 2.15. The Morgan fingerprint density at radius 2 is 1.86 bits per heavy atom. The molecule has 1 aliphatic rings. The van der Waals surface area contributed by atoms with Crippen LogP contribution in [0.25, 0.3) is 0 Å². The largest absolute Gasteiger partial charge is 0.399 e. The predicted octanol–water partition coefficient (Wildman–Crippen LogP) is 0.129. The first kappa shape index (κ1) is 15.3. The number of carbonyl (C=O) groups excluding carboxylic acids is 2. The summed E-state index contributed by atoms with van der Waals surface area (Å²) in [5, 5.41) is 0. The number of morpholine rings is 1. The molecule has 1 aromatic rings. The Labute approximate surface area is 124 Å². The van der Waals surface area contributed by atoms with Crippen molar-refractivity contribution in [2.75, 3.05) is 45.6 Å². The third-order valence-electron chi connectivity index (χ3n) is 3.50. The molecule has 21 heavy (non-hydrogen) atoms. The number of nitrogens with zero attached hydrogens (tertiary/aromatic N) is 2. The molecule has 6 nitrogen and oxygen atoms in total. The van der Waals surface area contributed by atoms with Gasteiger partial charge < -0.3 is 20.3 Å². The third-order valence-corrected chi connectivity index (χ3v) is 3.50. The van der Waals surface area contributed by atoms with Gasteiger partial charge >= 0.3 is 0 Å². The summed E-state index contributed by atoms with van der Waals surface area (Å²) in [6.07, 6.45) is 0.271. The maximum atomic E-state index is 12.1. The van der Waals surface area contributed by atoms with Crippen LogP contribution in [0.2, 0.25) is 0 Å². The molecule has 0 aliphatic carbocycles. The van der Waals surface area contributed by atoms with Crippen molar-refractivity contribution >= 4 is 17.5 Å². The average Bonchev–Trinajstić information content (AvgIpc) is 2.50. The van der Waals surface area contributed by atoms with Crippen LogP contribution in [0, 0.1) is 0 Å². The number of nitrogens with two attached hydrogens (primary N) is 1. The van der Waals surface area contributed by atoms with Crippen molar-refractivity contribution in [1.29, 1.82) is 0 Å². The Hall–Kier alpha value is -2.08. The van der Waals surface area contributed by atoms with Gasteiger partial charge in [0.05, 0.1) is 26.2 Å². The number of hydrogen-bond donors (Lipinski definition) is 1. The SMILES string of the molecule is CN(CC(=O)N1CCOCC1)C(=O)Cc1ccc(N)cc1. The number of benzene rings is 1. The minimum absolute atomic E-state index is 0.0357. The van der Waals surface area contributed by atoms with Crippen LogP contribution in [0.1, 0.15) is 5.56 Å². The summed E-state index contributed by atoms with van der Waals surface area (Å²) in [6, 6.07) is 7.18. The molecule has 114 valence electrons. The second-order valence-corrected chi connectivity index (χ2v) is 5.16. The molecule has 0 saturated carbocycles. The van der Waals surface area contributed by atoms with Crippen LogP contribution < -0.4 is 5.73 Å². The van der Waals surface area contributed by atoms with E-state index in [4.69, 9.17) is 10.5 Å². The van der Waals surface area contributed by atoms with Crippen molar-refractivity contribution in [2.45, 2.75) is 6.42 Å². The van der Waals surface area contributed by atoms with E-state index >= 15 is 0 Å². The molecule has 1 aromatic carbocycles. The van der Waals surface area contributed by atoms with Crippen LogP contribution in [-0.4, -0.2) is 61.5 Å². The molecule has 0 spiro atoms. The molecule has 6 heteroatoms. The van der Waals surface area contributed by atoms with E-state index in [2.05, 4.69) is 0 Å². The van der Waals surface area contributed by atoms with Crippen molar-refractivity contribution in [3.8, 4) is 0 Å². The summed E-state index contributed by atoms with van der Waals surface area (Å²) in [4.78, 5) is 27.4. The van der Waals surface area contributed by atoms with E-state index in [1.54, 1.807) is 24.1 Å². The standard InChI is InChI=1S/C15H21N3O3/c1-17(11-15(20)18-6-8-21-9-7-18)14(19)10-12-2-4-13(16)5-3-12/h2-5H,6-11,16H2,1H3. The van der Waals surface area contributed by atoms with Crippen LogP contribution in [0.3, 0.4) is 0 Å². The minimum Gasteiger partial charge on any atom is -0.399 e. The van der Waals surface area contributed by atoms with E-state index in [0.717, 1.165) is 5.56 Å². The fourth-order valence-electron chi connectivity index (χ4n) is 2.15. The van der Waals surface area contributed by atoms with Crippen molar-refractivity contribution in [3.05, 3.63) is 29.8 Å². The Balaban J connectivity index is 1.84. The van der Waals surface area contributed by atoms with Crippen LogP contribution in [0.15, 0.2) is 24.3 Å². The van der Waals surface area contributed by atoms with Gasteiger partial charge in [0.15, 0.2) is 0 Å². The van der Waals surface area contributed by atoms with Crippen LogP contribution in [-0.2, 0) is 20.7 Å². The van der Waals surface area contributed by atoms with Gasteiger partial charge in [-0.1, -0.05) is 12.1 Å². The molecule has 2 amide bonds. The zero-order chi connectivity index (χ0) is 15.2. The summed E-state index contributed by atoms with van der Waals surface area (Å²) < 4.78 is 5.21. The van der Waals surface area contributed by atoms with E-state index in [1.165, 1.54) is 4.90 Å². The highest BCUT2D eigenvalue weighted by molar-refractivity contribution is 5.85. The lowest BCUT2D eigenvalue weighted by Gasteiger charge is -2.28. The first-order valence-electron chi connectivity index (χ1n) is 7.00. The van der Waals surface area contributed by atoms with Crippen LogP contribution in [0.4, 0.5) is 5.69 Å². The summed E-state index contributed by atoms with van der Waals surface area (Å²) >= 11 is 0. The summed E-state index contributed by atoms with van der Waals surface area (Å²) in [5.41, 5.74) is 7.17. The van der Waals surface area contributed by atoms with Gasteiger partial charge in [-0.25, -0.2) is 0 Å². The van der Waals surface area contributed by atoms with Gasteiger partial charge in [0.2, 0.25) is 11.8 Å². The van der Waals surface area contributed by atoms with E-state index in [1.807, 2.05) is 12.1 Å². The maximum absolute atomic E-state index is 12.1. The van der Waals surface area contributed by atoms with Crippen LogP contribution >= 0.6 is 0 Å². The van der Waals surface area contributed by atoms with Gasteiger partial charge in [0.1, 0.15) is 0 Å². The summed E-state index contributed by atoms with van der Waals surface area (Å²) in [5.74, 6) is -0.118. The lowest BCUT2D eigenvalue weighted by molar-refractivity contribution is -0.141. The molecule has 0 unspecified atom stereocenters. The number of nitrogen functional groups attached to an aromatic ring is 1. The van der Waals surface area contributed by atoms with E-state index in [0.29, 0.717) is 32.0 Å². The first-order chi connectivity index (χ1) is 10.1. The van der Waals surface area contributed by atoms with Crippen molar-refractivity contribution in [1.82, 2.24) is 9.80 Å². The Kier molecular flexibility index (Phi) is 5.16. The molecular formula is C15H21N3O3. The maximum Gasteiger partial charge on any atom is 0.242 e. The number of amides is 2. The lowest BCUT2D eigenvalue weighted by Crippen LogP contribution is -2.46. The monoisotopic (exact) mass is 291 g/mol. The topological polar surface area (TPSA) is 75.9 Å². The predicted molar refractivity (Wildman–Crippen MR) is 79.6 cm³/mol. The Morgan fingerprint density at radius 1 is 1.24 bits per heavy atom. The molecule has 1 aliphatic heterocycles. The molecule has 0 atom stereocenters. The molecule has 0 bridgehead atoms. The zero-order valence-electron chi connectivity index (χ0n) is 12.2. The van der Waals surface area contributed by atoms with E-state index in [-0.39, 0.29) is 24.8 Å². The quantitative estimate of drug-likeness (QED) is 0.800. The molecule has 2 N–H and O–H groups in total. The number of likely N-dealkylation sites (N-methyl/N-ethyl adjacent to an activating group) is 1. The minimum atomic E-state index is -0.0821. The number of anilines is 1. The third kappa shape index (κ3) is 4.46.